The zero-order chi connectivity index (χ0) is 13.9. The molecule has 0 bridgehead atoms. The third-order valence-corrected chi connectivity index (χ3v) is 2.31. The molecule has 0 aromatic heterocycles. The van der Waals surface area contributed by atoms with E-state index < -0.39 is 0 Å². The van der Waals surface area contributed by atoms with Crippen molar-refractivity contribution >= 4 is 5.96 Å². The maximum Gasteiger partial charge on any atom is 0.191 e. The summed E-state index contributed by atoms with van der Waals surface area (Å²) < 4.78 is 5.26. The Labute approximate surface area is 114 Å². The Bertz CT molecular complexity index is 443. The summed E-state index contributed by atoms with van der Waals surface area (Å²) in [7, 11) is 0. The summed E-state index contributed by atoms with van der Waals surface area (Å²) in [6, 6.07) is 9.57. The maximum absolute atomic E-state index is 8.48. The molecule has 1 aromatic carbocycles. The summed E-state index contributed by atoms with van der Waals surface area (Å²) in [4.78, 5) is 4.47. The van der Waals surface area contributed by atoms with E-state index in [0.29, 0.717) is 12.3 Å². The molecule has 0 saturated carbocycles. The van der Waals surface area contributed by atoms with Crippen LogP contribution in [0.3, 0.4) is 0 Å². The van der Waals surface area contributed by atoms with Crippen LogP contribution in [-0.2, 0) is 6.54 Å². The fraction of sp³-hybridized carbons (Fsp3) is 0.429. The number of benzene rings is 1. The second kappa shape index (κ2) is 8.81. The molecule has 102 valence electrons. The molecule has 5 heteroatoms. The lowest BCUT2D eigenvalue weighted by atomic mass is 10.2. The molecule has 0 aliphatic heterocycles. The van der Waals surface area contributed by atoms with Gasteiger partial charge >= 0.3 is 0 Å². The van der Waals surface area contributed by atoms with Gasteiger partial charge in [0.25, 0.3) is 0 Å². The zero-order valence-electron chi connectivity index (χ0n) is 11.4. The molecule has 0 unspecified atom stereocenters. The molecule has 5 nitrogen and oxygen atoms in total. The van der Waals surface area contributed by atoms with Gasteiger partial charge in [0.2, 0.25) is 0 Å². The fourth-order valence-corrected chi connectivity index (χ4v) is 1.53. The van der Waals surface area contributed by atoms with Crippen LogP contribution in [0, 0.1) is 11.3 Å². The average molecular weight is 260 g/mol. The molecule has 0 spiro atoms. The second-order valence-corrected chi connectivity index (χ2v) is 3.82. The van der Waals surface area contributed by atoms with Crippen molar-refractivity contribution < 1.29 is 4.74 Å². The topological polar surface area (TPSA) is 69.4 Å². The van der Waals surface area contributed by atoms with Crippen molar-refractivity contribution in [2.45, 2.75) is 20.4 Å². The van der Waals surface area contributed by atoms with Crippen molar-refractivity contribution in [3.8, 4) is 11.8 Å². The molecule has 2 N–H and O–H groups in total. The highest BCUT2D eigenvalue weighted by atomic mass is 16.5. The van der Waals surface area contributed by atoms with Gasteiger partial charge in [0.15, 0.2) is 12.6 Å². The van der Waals surface area contributed by atoms with Crippen LogP contribution in [0.15, 0.2) is 29.3 Å². The molecular weight excluding hydrogens is 240 g/mol. The summed E-state index contributed by atoms with van der Waals surface area (Å²) in [5, 5.41) is 14.8. The van der Waals surface area contributed by atoms with E-state index in [9.17, 15) is 0 Å². The lowest BCUT2D eigenvalue weighted by Gasteiger charge is -2.09. The lowest BCUT2D eigenvalue weighted by molar-refractivity contribution is 0.368. The number of rotatable bonds is 6. The summed E-state index contributed by atoms with van der Waals surface area (Å²) in [5.74, 6) is 1.50. The molecule has 0 atom stereocenters. The van der Waals surface area contributed by atoms with E-state index in [2.05, 4.69) is 15.6 Å². The minimum Gasteiger partial charge on any atom is -0.479 e. The zero-order valence-corrected chi connectivity index (χ0v) is 11.4. The molecule has 0 fully saturated rings. The number of nitriles is 1. The first-order valence-corrected chi connectivity index (χ1v) is 6.41. The number of hydrogen-bond acceptors (Lipinski definition) is 3. The largest absolute Gasteiger partial charge is 0.479 e. The minimum absolute atomic E-state index is 0.0623. The molecule has 1 aromatic rings. The monoisotopic (exact) mass is 260 g/mol. The first kappa shape index (κ1) is 14.8. The summed E-state index contributed by atoms with van der Waals surface area (Å²) in [5.41, 5.74) is 1.05. The van der Waals surface area contributed by atoms with E-state index in [0.717, 1.165) is 24.6 Å². The Morgan fingerprint density at radius 3 is 2.68 bits per heavy atom. The van der Waals surface area contributed by atoms with E-state index in [1.807, 2.05) is 44.2 Å². The summed E-state index contributed by atoms with van der Waals surface area (Å²) in [6.45, 7) is 6.35. The van der Waals surface area contributed by atoms with Crippen LogP contribution in [0.1, 0.15) is 19.4 Å². The maximum atomic E-state index is 8.48. The van der Waals surface area contributed by atoms with Crippen LogP contribution in [-0.4, -0.2) is 25.7 Å². The van der Waals surface area contributed by atoms with Crippen molar-refractivity contribution in [3.05, 3.63) is 29.8 Å². The van der Waals surface area contributed by atoms with Crippen molar-refractivity contribution in [3.63, 3.8) is 0 Å². The van der Waals surface area contributed by atoms with Crippen LogP contribution in [0.25, 0.3) is 0 Å². The van der Waals surface area contributed by atoms with E-state index in [1.165, 1.54) is 0 Å². The molecule has 0 aliphatic carbocycles. The van der Waals surface area contributed by atoms with Crippen LogP contribution in [0.5, 0.6) is 5.75 Å². The van der Waals surface area contributed by atoms with Gasteiger partial charge in [-0.2, -0.15) is 5.26 Å². The first-order valence-electron chi connectivity index (χ1n) is 6.41. The highest BCUT2D eigenvalue weighted by Crippen LogP contribution is 2.13. The predicted octanol–water partition coefficient (Wildman–Crippen LogP) is 1.66. The van der Waals surface area contributed by atoms with Gasteiger partial charge in [0.05, 0.1) is 6.54 Å². The highest BCUT2D eigenvalue weighted by molar-refractivity contribution is 5.79. The van der Waals surface area contributed by atoms with E-state index >= 15 is 0 Å². The van der Waals surface area contributed by atoms with Crippen molar-refractivity contribution in [1.82, 2.24) is 10.6 Å². The highest BCUT2D eigenvalue weighted by Gasteiger charge is 1.98. The van der Waals surface area contributed by atoms with Crippen LogP contribution < -0.4 is 15.4 Å². The third kappa shape index (κ3) is 5.77. The third-order valence-electron chi connectivity index (χ3n) is 2.31. The first-order chi connectivity index (χ1) is 9.30. The number of guanidine groups is 1. The quantitative estimate of drug-likeness (QED) is 0.603. The predicted molar refractivity (Wildman–Crippen MR) is 76.0 cm³/mol. The minimum atomic E-state index is 0.0623. The van der Waals surface area contributed by atoms with Gasteiger partial charge in [-0.3, -0.25) is 0 Å². The Hall–Kier alpha value is -2.22. The smallest absolute Gasteiger partial charge is 0.191 e. The van der Waals surface area contributed by atoms with Crippen LogP contribution in [0.4, 0.5) is 0 Å². The van der Waals surface area contributed by atoms with Gasteiger partial charge < -0.3 is 15.4 Å². The van der Waals surface area contributed by atoms with Gasteiger partial charge in [-0.05, 0) is 31.5 Å². The van der Waals surface area contributed by atoms with E-state index in [-0.39, 0.29) is 6.61 Å². The summed E-state index contributed by atoms with van der Waals surface area (Å²) in [6.07, 6.45) is 0. The fourth-order valence-electron chi connectivity index (χ4n) is 1.53. The molecule has 0 radical (unpaired) electrons. The molecule has 0 saturated heterocycles. The number of hydrogen-bond donors (Lipinski definition) is 2. The average Bonchev–Trinajstić information content (AvgIpc) is 2.43. The Morgan fingerprint density at radius 1 is 1.32 bits per heavy atom. The molecule has 0 heterocycles. The Kier molecular flexibility index (Phi) is 6.88. The second-order valence-electron chi connectivity index (χ2n) is 3.82. The van der Waals surface area contributed by atoms with Crippen molar-refractivity contribution in [1.29, 1.82) is 5.26 Å². The van der Waals surface area contributed by atoms with E-state index in [1.54, 1.807) is 0 Å². The van der Waals surface area contributed by atoms with Gasteiger partial charge in [-0.25, -0.2) is 4.99 Å². The van der Waals surface area contributed by atoms with Crippen LogP contribution in [0.2, 0.25) is 0 Å². The Balaban J connectivity index is 2.65. The van der Waals surface area contributed by atoms with Gasteiger partial charge in [-0.15, -0.1) is 0 Å². The number of nitrogens with zero attached hydrogens (tertiary/aromatic N) is 2. The molecule has 1 rings (SSSR count). The van der Waals surface area contributed by atoms with E-state index in [4.69, 9.17) is 10.00 Å². The van der Waals surface area contributed by atoms with Gasteiger partial charge in [0, 0.05) is 13.1 Å². The Morgan fingerprint density at radius 2 is 2.05 bits per heavy atom. The lowest BCUT2D eigenvalue weighted by Crippen LogP contribution is -2.36. The molecule has 0 aliphatic rings. The SMILES string of the molecule is CCNC(=NCc1cccc(OCC#N)c1)NCC. The molecule has 0 amide bonds. The number of ether oxygens (including phenoxy) is 1. The molecular formula is C14H20N4O. The number of aliphatic imine (C=N–C) groups is 1. The van der Waals surface area contributed by atoms with Crippen molar-refractivity contribution in [2.75, 3.05) is 19.7 Å². The van der Waals surface area contributed by atoms with Gasteiger partial charge in [-0.1, -0.05) is 12.1 Å². The van der Waals surface area contributed by atoms with Crippen molar-refractivity contribution in [2.24, 2.45) is 4.99 Å². The summed E-state index contributed by atoms with van der Waals surface area (Å²) >= 11 is 0. The number of nitrogens with one attached hydrogen (secondary N) is 2. The van der Waals surface area contributed by atoms with Crippen LogP contribution >= 0.6 is 0 Å². The van der Waals surface area contributed by atoms with Gasteiger partial charge in [0.1, 0.15) is 11.8 Å². The normalized spacial score (nSPS) is 9.32. The molecule has 19 heavy (non-hydrogen) atoms. The standard InChI is InChI=1S/C14H20N4O/c1-3-16-14(17-4-2)18-11-12-6-5-7-13(10-12)19-9-8-15/h5-7,10H,3-4,9,11H2,1-2H3,(H2,16,17,18).